The first kappa shape index (κ1) is 30.5. The highest BCUT2D eigenvalue weighted by Gasteiger charge is 2.33. The number of carbonyl (C=O) groups is 2. The van der Waals surface area contributed by atoms with Gasteiger partial charge in [0.15, 0.2) is 0 Å². The molecule has 0 spiro atoms. The molecular weight excluding hydrogens is 557 g/mol. The lowest BCUT2D eigenvalue weighted by molar-refractivity contribution is -0.139. The van der Waals surface area contributed by atoms with Gasteiger partial charge in [-0.15, -0.1) is 0 Å². The summed E-state index contributed by atoms with van der Waals surface area (Å²) in [5.74, 6) is -0.913. The first-order chi connectivity index (χ1) is 18.4. The fraction of sp³-hybridized carbons (Fsp3) is 0.310. The van der Waals surface area contributed by atoms with Crippen LogP contribution in [-0.2, 0) is 26.2 Å². The Morgan fingerprint density at radius 1 is 0.949 bits per heavy atom. The molecule has 39 heavy (non-hydrogen) atoms. The Morgan fingerprint density at radius 3 is 2.18 bits per heavy atom. The van der Waals surface area contributed by atoms with Gasteiger partial charge in [-0.05, 0) is 69.2 Å². The Balaban J connectivity index is 2.03. The molecule has 0 radical (unpaired) electrons. The van der Waals surface area contributed by atoms with Crippen molar-refractivity contribution in [1.82, 2.24) is 10.2 Å². The molecular formula is C29H33Cl2N3O4S. The third-order valence-electron chi connectivity index (χ3n) is 6.46. The second kappa shape index (κ2) is 13.3. The number of hydrogen-bond acceptors (Lipinski definition) is 4. The van der Waals surface area contributed by atoms with E-state index in [2.05, 4.69) is 5.32 Å². The van der Waals surface area contributed by atoms with Gasteiger partial charge in [-0.3, -0.25) is 13.9 Å². The average molecular weight is 591 g/mol. The van der Waals surface area contributed by atoms with E-state index in [1.165, 1.54) is 17.0 Å². The summed E-state index contributed by atoms with van der Waals surface area (Å²) in [6.45, 7) is 6.78. The Labute approximate surface area is 240 Å². The summed E-state index contributed by atoms with van der Waals surface area (Å²) < 4.78 is 28.6. The van der Waals surface area contributed by atoms with E-state index in [0.717, 1.165) is 9.87 Å². The van der Waals surface area contributed by atoms with E-state index in [-0.39, 0.29) is 23.4 Å². The van der Waals surface area contributed by atoms with Gasteiger partial charge in [0.05, 0.1) is 10.6 Å². The minimum atomic E-state index is -4.11. The van der Waals surface area contributed by atoms with Crippen LogP contribution in [0, 0.1) is 6.92 Å². The van der Waals surface area contributed by atoms with Crippen molar-refractivity contribution >= 4 is 50.7 Å². The maximum absolute atomic E-state index is 13.9. The van der Waals surface area contributed by atoms with Crippen molar-refractivity contribution in [1.29, 1.82) is 0 Å². The SMILES string of the molecule is CC[C@H](C)NC(=O)[C@@H](C)N(Cc1ccc(Cl)cc1Cl)C(=O)CN(c1ccc(C)cc1)S(=O)(=O)c1ccccc1. The van der Waals surface area contributed by atoms with Gasteiger partial charge >= 0.3 is 0 Å². The van der Waals surface area contributed by atoms with Crippen molar-refractivity contribution in [3.05, 3.63) is 94.0 Å². The van der Waals surface area contributed by atoms with Gasteiger partial charge in [0.1, 0.15) is 12.6 Å². The molecule has 0 aliphatic heterocycles. The van der Waals surface area contributed by atoms with Crippen LogP contribution in [0.25, 0.3) is 0 Å². The van der Waals surface area contributed by atoms with Gasteiger partial charge in [0, 0.05) is 22.6 Å². The van der Waals surface area contributed by atoms with Crippen LogP contribution < -0.4 is 9.62 Å². The van der Waals surface area contributed by atoms with Gasteiger partial charge in [-0.1, -0.05) is 72.1 Å². The summed E-state index contributed by atoms with van der Waals surface area (Å²) in [7, 11) is -4.11. The van der Waals surface area contributed by atoms with Crippen LogP contribution in [0.15, 0.2) is 77.7 Å². The molecule has 0 saturated carbocycles. The predicted octanol–water partition coefficient (Wildman–Crippen LogP) is 5.83. The summed E-state index contributed by atoms with van der Waals surface area (Å²) in [5.41, 5.74) is 1.85. The summed E-state index contributed by atoms with van der Waals surface area (Å²) in [4.78, 5) is 28.4. The highest BCUT2D eigenvalue weighted by atomic mass is 35.5. The number of halogens is 2. The highest BCUT2D eigenvalue weighted by molar-refractivity contribution is 7.92. The van der Waals surface area contributed by atoms with E-state index < -0.39 is 28.5 Å². The number of benzene rings is 3. The number of hydrogen-bond donors (Lipinski definition) is 1. The smallest absolute Gasteiger partial charge is 0.264 e. The lowest BCUT2D eigenvalue weighted by atomic mass is 10.1. The summed E-state index contributed by atoms with van der Waals surface area (Å²) in [5, 5.41) is 3.67. The zero-order valence-electron chi connectivity index (χ0n) is 22.4. The van der Waals surface area contributed by atoms with Gasteiger partial charge in [0.2, 0.25) is 11.8 Å². The molecule has 208 valence electrons. The molecule has 0 aliphatic carbocycles. The number of rotatable bonds is 11. The second-order valence-electron chi connectivity index (χ2n) is 9.41. The number of amides is 2. The van der Waals surface area contributed by atoms with Crippen LogP contribution in [0.1, 0.15) is 38.3 Å². The lowest BCUT2D eigenvalue weighted by Gasteiger charge is -2.32. The molecule has 1 N–H and O–H groups in total. The van der Waals surface area contributed by atoms with Crippen molar-refractivity contribution in [3.63, 3.8) is 0 Å². The Hall–Kier alpha value is -3.07. The van der Waals surface area contributed by atoms with Crippen LogP contribution in [0.5, 0.6) is 0 Å². The number of nitrogens with zero attached hydrogens (tertiary/aromatic N) is 2. The van der Waals surface area contributed by atoms with Gasteiger partial charge in [-0.2, -0.15) is 0 Å². The molecule has 7 nitrogen and oxygen atoms in total. The summed E-state index contributed by atoms with van der Waals surface area (Å²) >= 11 is 12.5. The molecule has 10 heteroatoms. The molecule has 0 aliphatic rings. The molecule has 3 rings (SSSR count). The number of carbonyl (C=O) groups excluding carboxylic acids is 2. The maximum Gasteiger partial charge on any atom is 0.264 e. The molecule has 3 aromatic rings. The zero-order valence-corrected chi connectivity index (χ0v) is 24.7. The number of aryl methyl sites for hydroxylation is 1. The molecule has 3 aromatic carbocycles. The second-order valence-corrected chi connectivity index (χ2v) is 12.1. The van der Waals surface area contributed by atoms with E-state index in [4.69, 9.17) is 23.2 Å². The summed E-state index contributed by atoms with van der Waals surface area (Å²) in [6, 6.07) is 18.7. The first-order valence-electron chi connectivity index (χ1n) is 12.6. The van der Waals surface area contributed by atoms with Crippen molar-refractivity contribution in [2.75, 3.05) is 10.8 Å². The fourth-order valence-corrected chi connectivity index (χ4v) is 5.74. The maximum atomic E-state index is 13.9. The molecule has 0 unspecified atom stereocenters. The summed E-state index contributed by atoms with van der Waals surface area (Å²) in [6.07, 6.45) is 0.714. The van der Waals surface area contributed by atoms with Gasteiger partial charge in [-0.25, -0.2) is 8.42 Å². The Kier molecular flexibility index (Phi) is 10.4. The third kappa shape index (κ3) is 7.75. The van der Waals surface area contributed by atoms with Crippen LogP contribution >= 0.6 is 23.2 Å². The lowest BCUT2D eigenvalue weighted by Crippen LogP contribution is -2.52. The van der Waals surface area contributed by atoms with Crippen molar-refractivity contribution in [2.45, 2.75) is 57.6 Å². The minimum Gasteiger partial charge on any atom is -0.352 e. The van der Waals surface area contributed by atoms with Crippen LogP contribution in [0.2, 0.25) is 10.0 Å². The Bertz CT molecular complexity index is 1400. The normalized spacial score (nSPS) is 12.9. The van der Waals surface area contributed by atoms with Crippen molar-refractivity contribution in [2.24, 2.45) is 0 Å². The van der Waals surface area contributed by atoms with Gasteiger partial charge in [0.25, 0.3) is 10.0 Å². The fourth-order valence-electron chi connectivity index (χ4n) is 3.84. The molecule has 0 aromatic heterocycles. The topological polar surface area (TPSA) is 86.8 Å². The number of anilines is 1. The molecule has 2 amide bonds. The molecule has 0 fully saturated rings. The molecule has 0 bridgehead atoms. The van der Waals surface area contributed by atoms with Crippen LogP contribution in [-0.4, -0.2) is 43.8 Å². The molecule has 0 heterocycles. The molecule has 0 saturated heterocycles. The third-order valence-corrected chi connectivity index (χ3v) is 8.83. The van der Waals surface area contributed by atoms with E-state index in [1.807, 2.05) is 20.8 Å². The van der Waals surface area contributed by atoms with Gasteiger partial charge < -0.3 is 10.2 Å². The average Bonchev–Trinajstić information content (AvgIpc) is 2.91. The van der Waals surface area contributed by atoms with E-state index >= 15 is 0 Å². The van der Waals surface area contributed by atoms with Crippen LogP contribution in [0.3, 0.4) is 0 Å². The quantitative estimate of drug-likeness (QED) is 0.305. The van der Waals surface area contributed by atoms with E-state index in [1.54, 1.807) is 67.6 Å². The standard InChI is InChI=1S/C29H33Cl2N3O4S/c1-5-21(3)32-29(36)22(4)33(18-23-13-14-24(30)17-27(23)31)28(35)19-34(25-15-11-20(2)12-16-25)39(37,38)26-9-7-6-8-10-26/h6-17,21-22H,5,18-19H2,1-4H3,(H,32,36)/t21-,22+/m0/s1. The van der Waals surface area contributed by atoms with E-state index in [0.29, 0.717) is 27.7 Å². The molecule has 2 atom stereocenters. The zero-order chi connectivity index (χ0) is 28.7. The minimum absolute atomic E-state index is 0.0168. The van der Waals surface area contributed by atoms with Crippen molar-refractivity contribution in [3.8, 4) is 0 Å². The number of nitrogens with one attached hydrogen (secondary N) is 1. The largest absolute Gasteiger partial charge is 0.352 e. The first-order valence-corrected chi connectivity index (χ1v) is 14.8. The number of sulfonamides is 1. The monoisotopic (exact) mass is 589 g/mol. The highest BCUT2D eigenvalue weighted by Crippen LogP contribution is 2.26. The predicted molar refractivity (Wildman–Crippen MR) is 157 cm³/mol. The Morgan fingerprint density at radius 2 is 1.59 bits per heavy atom. The van der Waals surface area contributed by atoms with Crippen LogP contribution in [0.4, 0.5) is 5.69 Å². The van der Waals surface area contributed by atoms with Crippen molar-refractivity contribution < 1.29 is 18.0 Å². The van der Waals surface area contributed by atoms with E-state index in [9.17, 15) is 18.0 Å².